The summed E-state index contributed by atoms with van der Waals surface area (Å²) in [5.41, 5.74) is 9.17. The predicted molar refractivity (Wildman–Crippen MR) is 175 cm³/mol. The van der Waals surface area contributed by atoms with Crippen LogP contribution in [0.15, 0.2) is 130 Å². The van der Waals surface area contributed by atoms with Crippen LogP contribution in [0.3, 0.4) is 0 Å². The van der Waals surface area contributed by atoms with Gasteiger partial charge in [-0.3, -0.25) is 0 Å². The monoisotopic (exact) mass is 581 g/mol. The van der Waals surface area contributed by atoms with Crippen LogP contribution in [0.1, 0.15) is 40.5 Å². The smallest absolute Gasteiger partial charge is 0.136 e. The lowest BCUT2D eigenvalue weighted by molar-refractivity contribution is 0.669. The first-order valence-corrected chi connectivity index (χ1v) is 15.4. The van der Waals surface area contributed by atoms with Gasteiger partial charge in [0, 0.05) is 43.9 Å². The lowest BCUT2D eigenvalue weighted by Crippen LogP contribution is -2.11. The van der Waals surface area contributed by atoms with E-state index in [1.54, 1.807) is 6.08 Å². The van der Waals surface area contributed by atoms with Gasteiger partial charge in [-0.2, -0.15) is 15.8 Å². The topological polar surface area (TPSA) is 84.5 Å². The second-order valence-corrected chi connectivity index (χ2v) is 12.5. The highest BCUT2D eigenvalue weighted by atomic mass is 32.2. The van der Waals surface area contributed by atoms with Gasteiger partial charge in [0.05, 0.1) is 23.8 Å². The van der Waals surface area contributed by atoms with Crippen molar-refractivity contribution in [3.05, 3.63) is 143 Å². The summed E-state index contributed by atoms with van der Waals surface area (Å²) in [7, 11) is 0. The zero-order chi connectivity index (χ0) is 29.8. The van der Waals surface area contributed by atoms with Crippen molar-refractivity contribution in [1.82, 2.24) is 0 Å². The van der Waals surface area contributed by atoms with E-state index >= 15 is 0 Å². The van der Waals surface area contributed by atoms with Crippen LogP contribution < -0.4 is 0 Å². The van der Waals surface area contributed by atoms with Crippen LogP contribution in [-0.4, -0.2) is 5.25 Å². The Bertz CT molecular complexity index is 2300. The molecule has 3 unspecified atom stereocenters. The van der Waals surface area contributed by atoms with Gasteiger partial charge in [-0.25, -0.2) is 0 Å². The van der Waals surface area contributed by atoms with Gasteiger partial charge in [0.2, 0.25) is 0 Å². The molecule has 0 fully saturated rings. The van der Waals surface area contributed by atoms with Gasteiger partial charge in [0.15, 0.2) is 0 Å². The summed E-state index contributed by atoms with van der Waals surface area (Å²) in [6.45, 7) is 0. The van der Waals surface area contributed by atoms with Gasteiger partial charge in [-0.15, -0.1) is 11.8 Å². The van der Waals surface area contributed by atoms with Gasteiger partial charge < -0.3 is 4.42 Å². The van der Waals surface area contributed by atoms with Crippen molar-refractivity contribution >= 4 is 39.3 Å². The second kappa shape index (κ2) is 10.3. The van der Waals surface area contributed by atoms with E-state index in [0.717, 1.165) is 49.8 Å². The number of benzene rings is 4. The molecule has 5 aromatic rings. The SMILES string of the molecule is N#CC1=CCC(c2cc(C3=CC4Sc5ccccc5C4C=C3)c(C#N)cc2-c2ccc3c(c2)oc2ccccc23)C(C#N)=C1. The van der Waals surface area contributed by atoms with Gasteiger partial charge in [0.25, 0.3) is 0 Å². The fourth-order valence-electron chi connectivity index (χ4n) is 6.79. The van der Waals surface area contributed by atoms with Crippen LogP contribution in [0.2, 0.25) is 0 Å². The highest BCUT2D eigenvalue weighted by molar-refractivity contribution is 8.00. The van der Waals surface area contributed by atoms with Crippen LogP contribution in [0.25, 0.3) is 38.6 Å². The van der Waals surface area contributed by atoms with Crippen LogP contribution in [0, 0.1) is 34.0 Å². The minimum atomic E-state index is -0.254. The fourth-order valence-corrected chi connectivity index (χ4v) is 8.18. The number of rotatable bonds is 3. The maximum Gasteiger partial charge on any atom is 0.136 e. The second-order valence-electron chi connectivity index (χ2n) is 11.3. The third-order valence-corrected chi connectivity index (χ3v) is 10.3. The molecular formula is C39H23N3OS. The third kappa shape index (κ3) is 4.12. The summed E-state index contributed by atoms with van der Waals surface area (Å²) in [6, 6.07) is 33.8. The molecule has 2 aliphatic carbocycles. The summed E-state index contributed by atoms with van der Waals surface area (Å²) in [5, 5.41) is 32.5. The van der Waals surface area contributed by atoms with Gasteiger partial charge >= 0.3 is 0 Å². The van der Waals surface area contributed by atoms with Crippen molar-refractivity contribution in [2.24, 2.45) is 0 Å². The molecule has 0 radical (unpaired) electrons. The zero-order valence-corrected chi connectivity index (χ0v) is 24.3. The van der Waals surface area contributed by atoms with Crippen LogP contribution in [0.5, 0.6) is 0 Å². The number of thioether (sulfide) groups is 1. The number of allylic oxidation sites excluding steroid dienone is 7. The number of hydrogen-bond acceptors (Lipinski definition) is 5. The molecule has 0 saturated carbocycles. The van der Waals surface area contributed by atoms with Crippen LogP contribution in [-0.2, 0) is 0 Å². The number of nitrogens with zero attached hydrogens (tertiary/aromatic N) is 3. The Labute approximate surface area is 259 Å². The van der Waals surface area contributed by atoms with E-state index in [1.807, 2.05) is 48.2 Å². The largest absolute Gasteiger partial charge is 0.456 e. The Hall–Kier alpha value is -5.54. The lowest BCUT2D eigenvalue weighted by atomic mass is 9.78. The van der Waals surface area contributed by atoms with Crippen molar-refractivity contribution in [3.63, 3.8) is 0 Å². The molecule has 1 aliphatic heterocycles. The van der Waals surface area contributed by atoms with Gasteiger partial charge in [0.1, 0.15) is 11.2 Å². The molecule has 4 aromatic carbocycles. The first-order chi connectivity index (χ1) is 21.6. The van der Waals surface area contributed by atoms with E-state index in [9.17, 15) is 15.8 Å². The molecule has 3 atom stereocenters. The maximum absolute atomic E-state index is 10.4. The number of fused-ring (bicyclic) bond motifs is 6. The van der Waals surface area contributed by atoms with Gasteiger partial charge in [-0.05, 0) is 82.3 Å². The molecule has 2 heterocycles. The summed E-state index contributed by atoms with van der Waals surface area (Å²) in [6.07, 6.45) is 10.8. The summed E-state index contributed by atoms with van der Waals surface area (Å²) >= 11 is 1.86. The molecule has 5 heteroatoms. The molecule has 8 rings (SSSR count). The van der Waals surface area contributed by atoms with E-state index in [2.05, 4.69) is 85.0 Å². The Balaban J connectivity index is 1.30. The summed E-state index contributed by atoms with van der Waals surface area (Å²) in [4.78, 5) is 1.30. The van der Waals surface area contributed by atoms with E-state index < -0.39 is 0 Å². The molecule has 0 bridgehead atoms. The molecule has 206 valence electrons. The third-order valence-electron chi connectivity index (χ3n) is 8.93. The number of hydrogen-bond donors (Lipinski definition) is 0. The lowest BCUT2D eigenvalue weighted by Gasteiger charge is -2.25. The van der Waals surface area contributed by atoms with Crippen molar-refractivity contribution in [1.29, 1.82) is 15.8 Å². The highest BCUT2D eigenvalue weighted by Crippen LogP contribution is 2.50. The van der Waals surface area contributed by atoms with E-state index in [4.69, 9.17) is 4.42 Å². The minimum Gasteiger partial charge on any atom is -0.456 e. The van der Waals surface area contributed by atoms with Crippen LogP contribution in [0.4, 0.5) is 0 Å². The molecular weight excluding hydrogens is 559 g/mol. The van der Waals surface area contributed by atoms with Crippen molar-refractivity contribution in [2.75, 3.05) is 0 Å². The average Bonchev–Trinajstić information content (AvgIpc) is 3.64. The fraction of sp³-hybridized carbons (Fsp3) is 0.103. The zero-order valence-electron chi connectivity index (χ0n) is 23.5. The molecule has 3 aliphatic rings. The van der Waals surface area contributed by atoms with E-state index in [-0.39, 0.29) is 11.2 Å². The van der Waals surface area contributed by atoms with E-state index in [1.165, 1.54) is 10.5 Å². The van der Waals surface area contributed by atoms with Crippen molar-refractivity contribution in [3.8, 4) is 29.3 Å². The molecule has 0 spiro atoms. The molecule has 4 nitrogen and oxygen atoms in total. The average molecular weight is 582 g/mol. The molecule has 0 saturated heterocycles. The van der Waals surface area contributed by atoms with E-state index in [0.29, 0.717) is 29.0 Å². The first kappa shape index (κ1) is 26.1. The first-order valence-electron chi connectivity index (χ1n) is 14.5. The molecule has 0 N–H and O–H groups in total. The highest BCUT2D eigenvalue weighted by Gasteiger charge is 2.33. The molecule has 0 amide bonds. The maximum atomic E-state index is 10.4. The Morgan fingerprint density at radius 2 is 1.61 bits per heavy atom. The number of para-hydroxylation sites is 1. The quantitative estimate of drug-likeness (QED) is 0.212. The molecule has 44 heavy (non-hydrogen) atoms. The Kier molecular flexibility index (Phi) is 6.13. The molecule has 1 aromatic heterocycles. The normalized spacial score (nSPS) is 20.1. The predicted octanol–water partition coefficient (Wildman–Crippen LogP) is 9.72. The standard InChI is InChI=1S/C39H23N3OS/c40-20-23-9-12-28(26(15-23)21-41)35-19-33(25-11-14-32-31-6-2-4-8-38(31)44-39(32)18-25)27(22-42)16-34(35)24-10-13-30-29-5-1-3-7-36(29)43-37(30)17-24/h1-11,13-19,28,32,39H,12H2. The number of nitriles is 3. The van der Waals surface area contributed by atoms with Crippen molar-refractivity contribution in [2.45, 2.75) is 28.4 Å². The summed E-state index contributed by atoms with van der Waals surface area (Å²) < 4.78 is 6.22. The Morgan fingerprint density at radius 1 is 0.773 bits per heavy atom. The van der Waals surface area contributed by atoms with Crippen LogP contribution >= 0.6 is 11.8 Å². The number of furan rings is 1. The van der Waals surface area contributed by atoms with Crippen molar-refractivity contribution < 1.29 is 4.42 Å². The van der Waals surface area contributed by atoms with Gasteiger partial charge in [-0.1, -0.05) is 66.8 Å². The Morgan fingerprint density at radius 3 is 2.48 bits per heavy atom. The minimum absolute atomic E-state index is 0.253. The summed E-state index contributed by atoms with van der Waals surface area (Å²) in [5.74, 6) is 0.0526.